The molecule has 1 unspecified atom stereocenters. The zero-order valence-corrected chi connectivity index (χ0v) is 20.9. The Morgan fingerprint density at radius 1 is 1.03 bits per heavy atom. The fraction of sp³-hybridized carbons (Fsp3) is 0.393. The van der Waals surface area contributed by atoms with Crippen LogP contribution in [0.3, 0.4) is 0 Å². The van der Waals surface area contributed by atoms with Crippen LogP contribution in [0, 0.1) is 13.8 Å². The van der Waals surface area contributed by atoms with Crippen LogP contribution >= 0.6 is 0 Å². The van der Waals surface area contributed by atoms with Gasteiger partial charge in [-0.05, 0) is 75.1 Å². The van der Waals surface area contributed by atoms with Gasteiger partial charge in [-0.2, -0.15) is 5.10 Å². The number of nitrogens with zero attached hydrogens (tertiary/aromatic N) is 3. The van der Waals surface area contributed by atoms with Gasteiger partial charge in [-0.1, -0.05) is 31.5 Å². The lowest BCUT2D eigenvalue weighted by atomic mass is 10.1. The second-order valence-electron chi connectivity index (χ2n) is 9.33. The summed E-state index contributed by atoms with van der Waals surface area (Å²) in [5, 5.41) is 10.4. The summed E-state index contributed by atoms with van der Waals surface area (Å²) in [6, 6.07) is 16.9. The number of aromatic nitrogens is 2. The number of aryl methyl sites for hydroxylation is 2. The summed E-state index contributed by atoms with van der Waals surface area (Å²) < 4.78 is 1.95. The van der Waals surface area contributed by atoms with Crippen LogP contribution in [0.15, 0.2) is 54.6 Å². The van der Waals surface area contributed by atoms with Gasteiger partial charge in [0.2, 0.25) is 5.91 Å². The van der Waals surface area contributed by atoms with Crippen LogP contribution in [0.25, 0.3) is 0 Å². The molecular weight excluding hydrogens is 438 g/mol. The molecule has 0 radical (unpaired) electrons. The third-order valence-corrected chi connectivity index (χ3v) is 6.44. The lowest BCUT2D eigenvalue weighted by Crippen LogP contribution is -2.43. The molecule has 1 saturated heterocycles. The van der Waals surface area contributed by atoms with Gasteiger partial charge in [0.25, 0.3) is 5.91 Å². The molecule has 2 amide bonds. The van der Waals surface area contributed by atoms with E-state index in [4.69, 9.17) is 0 Å². The summed E-state index contributed by atoms with van der Waals surface area (Å²) in [5.41, 5.74) is 5.56. The first-order chi connectivity index (χ1) is 16.9. The normalized spacial score (nSPS) is 14.1. The van der Waals surface area contributed by atoms with E-state index in [1.165, 1.54) is 12.8 Å². The molecule has 35 heavy (non-hydrogen) atoms. The SMILES string of the molecule is CCCC(NC(=O)c1ccc(Cn2nc(C)cc2C)cc1)C(=O)Nc1cccc(N2CCCC2)c1. The Hall–Kier alpha value is -3.61. The van der Waals surface area contributed by atoms with Crippen molar-refractivity contribution in [2.24, 2.45) is 0 Å². The van der Waals surface area contributed by atoms with E-state index in [0.717, 1.165) is 47.8 Å². The molecular formula is C28H35N5O2. The first kappa shape index (κ1) is 24.5. The zero-order chi connectivity index (χ0) is 24.8. The smallest absolute Gasteiger partial charge is 0.251 e. The Labute approximate surface area is 207 Å². The van der Waals surface area contributed by atoms with Crippen molar-refractivity contribution in [3.05, 3.63) is 77.1 Å². The Morgan fingerprint density at radius 3 is 2.43 bits per heavy atom. The minimum absolute atomic E-state index is 0.195. The predicted octanol–water partition coefficient (Wildman–Crippen LogP) is 4.69. The predicted molar refractivity (Wildman–Crippen MR) is 140 cm³/mol. The maximum atomic E-state index is 13.0. The molecule has 0 saturated carbocycles. The van der Waals surface area contributed by atoms with Crippen LogP contribution in [-0.2, 0) is 11.3 Å². The second-order valence-corrected chi connectivity index (χ2v) is 9.33. The second kappa shape index (κ2) is 11.2. The van der Waals surface area contributed by atoms with Crippen molar-refractivity contribution in [2.75, 3.05) is 23.3 Å². The number of carbonyl (C=O) groups excluding carboxylic acids is 2. The Balaban J connectivity index is 1.38. The maximum Gasteiger partial charge on any atom is 0.251 e. The molecule has 4 rings (SSSR count). The number of rotatable bonds is 9. The van der Waals surface area contributed by atoms with Gasteiger partial charge in [-0.15, -0.1) is 0 Å². The highest BCUT2D eigenvalue weighted by Crippen LogP contribution is 2.23. The summed E-state index contributed by atoms with van der Waals surface area (Å²) in [7, 11) is 0. The molecule has 7 nitrogen and oxygen atoms in total. The Morgan fingerprint density at radius 2 is 1.77 bits per heavy atom. The van der Waals surface area contributed by atoms with Gasteiger partial charge < -0.3 is 15.5 Å². The highest BCUT2D eigenvalue weighted by atomic mass is 16.2. The molecule has 2 heterocycles. The topological polar surface area (TPSA) is 79.3 Å². The highest BCUT2D eigenvalue weighted by molar-refractivity contribution is 6.01. The van der Waals surface area contributed by atoms with Crippen molar-refractivity contribution in [2.45, 2.75) is 59.0 Å². The van der Waals surface area contributed by atoms with Crippen molar-refractivity contribution in [3.8, 4) is 0 Å². The van der Waals surface area contributed by atoms with Gasteiger partial charge in [0.15, 0.2) is 0 Å². The number of hydrogen-bond acceptors (Lipinski definition) is 4. The number of amides is 2. The molecule has 1 aromatic heterocycles. The summed E-state index contributed by atoms with van der Waals surface area (Å²) in [6.45, 7) is 8.76. The third-order valence-electron chi connectivity index (χ3n) is 6.44. The summed E-state index contributed by atoms with van der Waals surface area (Å²) in [4.78, 5) is 28.3. The van der Waals surface area contributed by atoms with E-state index in [1.807, 2.05) is 61.9 Å². The summed E-state index contributed by atoms with van der Waals surface area (Å²) in [5.74, 6) is -0.443. The maximum absolute atomic E-state index is 13.0. The fourth-order valence-electron chi connectivity index (χ4n) is 4.55. The number of anilines is 2. The molecule has 3 aromatic rings. The molecule has 7 heteroatoms. The molecule has 0 spiro atoms. The van der Waals surface area contributed by atoms with E-state index in [1.54, 1.807) is 12.1 Å². The van der Waals surface area contributed by atoms with Crippen LogP contribution in [0.1, 0.15) is 59.9 Å². The fourth-order valence-corrected chi connectivity index (χ4v) is 4.55. The van der Waals surface area contributed by atoms with Gasteiger partial charge >= 0.3 is 0 Å². The average Bonchev–Trinajstić information content (AvgIpc) is 3.49. The molecule has 0 aliphatic carbocycles. The van der Waals surface area contributed by atoms with Gasteiger partial charge in [0.05, 0.1) is 12.2 Å². The largest absolute Gasteiger partial charge is 0.371 e. The van der Waals surface area contributed by atoms with Crippen LogP contribution in [0.4, 0.5) is 11.4 Å². The van der Waals surface area contributed by atoms with Crippen molar-refractivity contribution in [1.29, 1.82) is 0 Å². The number of benzene rings is 2. The molecule has 2 aromatic carbocycles. The zero-order valence-electron chi connectivity index (χ0n) is 20.9. The van der Waals surface area contributed by atoms with Crippen LogP contribution in [0.5, 0.6) is 0 Å². The van der Waals surface area contributed by atoms with Crippen LogP contribution in [0.2, 0.25) is 0 Å². The van der Waals surface area contributed by atoms with Crippen LogP contribution < -0.4 is 15.5 Å². The molecule has 1 aliphatic rings. The Bertz CT molecular complexity index is 1160. The minimum Gasteiger partial charge on any atom is -0.371 e. The van der Waals surface area contributed by atoms with Crippen molar-refractivity contribution >= 4 is 23.2 Å². The Kier molecular flexibility index (Phi) is 7.85. The van der Waals surface area contributed by atoms with Gasteiger partial charge in [0, 0.05) is 35.7 Å². The lowest BCUT2D eigenvalue weighted by molar-refractivity contribution is -0.118. The van der Waals surface area contributed by atoms with Crippen molar-refractivity contribution in [1.82, 2.24) is 15.1 Å². The average molecular weight is 474 g/mol. The van der Waals surface area contributed by atoms with Gasteiger partial charge in [0.1, 0.15) is 6.04 Å². The molecule has 1 atom stereocenters. The third kappa shape index (κ3) is 6.29. The molecule has 1 aliphatic heterocycles. The van der Waals surface area contributed by atoms with E-state index < -0.39 is 6.04 Å². The first-order valence-corrected chi connectivity index (χ1v) is 12.5. The van der Waals surface area contributed by atoms with Crippen molar-refractivity contribution in [3.63, 3.8) is 0 Å². The standard InChI is InChI=1S/C28H35N5O2/c1-4-8-26(28(35)29-24-9-7-10-25(18-24)32-15-5-6-16-32)30-27(34)23-13-11-22(12-14-23)19-33-21(3)17-20(2)31-33/h7,9-14,17-18,26H,4-6,8,15-16,19H2,1-3H3,(H,29,35)(H,30,34). The number of carbonyl (C=O) groups is 2. The molecule has 2 N–H and O–H groups in total. The van der Waals surface area contributed by atoms with Crippen molar-refractivity contribution < 1.29 is 9.59 Å². The molecule has 184 valence electrons. The summed E-state index contributed by atoms with van der Waals surface area (Å²) in [6.07, 6.45) is 3.75. The monoisotopic (exact) mass is 473 g/mol. The lowest BCUT2D eigenvalue weighted by Gasteiger charge is -2.20. The van der Waals surface area contributed by atoms with E-state index in [-0.39, 0.29) is 11.8 Å². The van der Waals surface area contributed by atoms with Gasteiger partial charge in [-0.25, -0.2) is 0 Å². The molecule has 1 fully saturated rings. The van der Waals surface area contributed by atoms with Gasteiger partial charge in [-0.3, -0.25) is 14.3 Å². The van der Waals surface area contributed by atoms with E-state index in [0.29, 0.717) is 18.5 Å². The van der Waals surface area contributed by atoms with E-state index in [2.05, 4.69) is 26.7 Å². The number of nitrogens with one attached hydrogen (secondary N) is 2. The first-order valence-electron chi connectivity index (χ1n) is 12.5. The summed E-state index contributed by atoms with van der Waals surface area (Å²) >= 11 is 0. The van der Waals surface area contributed by atoms with E-state index >= 15 is 0 Å². The highest BCUT2D eigenvalue weighted by Gasteiger charge is 2.21. The minimum atomic E-state index is -0.600. The van der Waals surface area contributed by atoms with Crippen LogP contribution in [-0.4, -0.2) is 40.7 Å². The molecule has 0 bridgehead atoms. The quantitative estimate of drug-likeness (QED) is 0.473. The number of hydrogen-bond donors (Lipinski definition) is 2. The van der Waals surface area contributed by atoms with E-state index in [9.17, 15) is 9.59 Å².